The Balaban J connectivity index is 0.00000106. The minimum Gasteiger partial charge on any atom is -0.304 e. The highest BCUT2D eigenvalue weighted by Crippen LogP contribution is 1.98. The molecule has 16 heavy (non-hydrogen) atoms. The molecule has 0 unspecified atom stereocenters. The molecule has 0 aromatic heterocycles. The fourth-order valence-electron chi connectivity index (χ4n) is 1.48. The smallest absolute Gasteiger partial charge is 0.155 e. The number of nitrogens with zero attached hydrogens (tertiary/aromatic N) is 2. The quantitative estimate of drug-likeness (QED) is 0.683. The molecule has 0 saturated carbocycles. The van der Waals surface area contributed by atoms with Crippen LogP contribution in [0.1, 0.15) is 27.2 Å². The van der Waals surface area contributed by atoms with Crippen molar-refractivity contribution in [3.63, 3.8) is 0 Å². The standard InChI is InChI=1S/C11H20N2O.C2H6/c1-3-11(14)5-4-6-13-9-7-12(2)8-10-13;1-2/h4-5H,3,6-10H2,1-2H3;1-2H3/b5-4+;. The second-order valence-corrected chi connectivity index (χ2v) is 3.83. The van der Waals surface area contributed by atoms with E-state index in [0.717, 1.165) is 32.7 Å². The number of rotatable bonds is 4. The van der Waals surface area contributed by atoms with Gasteiger partial charge in [-0.1, -0.05) is 26.8 Å². The Bertz CT molecular complexity index is 206. The van der Waals surface area contributed by atoms with Crippen LogP contribution in [0.3, 0.4) is 0 Å². The average Bonchev–Trinajstić information content (AvgIpc) is 2.34. The van der Waals surface area contributed by atoms with Crippen LogP contribution in [0.4, 0.5) is 0 Å². The van der Waals surface area contributed by atoms with E-state index in [-0.39, 0.29) is 5.78 Å². The van der Waals surface area contributed by atoms with Gasteiger partial charge in [0.05, 0.1) is 0 Å². The third kappa shape index (κ3) is 6.75. The lowest BCUT2D eigenvalue weighted by atomic mass is 10.2. The first-order valence-corrected chi connectivity index (χ1v) is 6.32. The van der Waals surface area contributed by atoms with Gasteiger partial charge >= 0.3 is 0 Å². The van der Waals surface area contributed by atoms with Gasteiger partial charge in [0.1, 0.15) is 0 Å². The highest BCUT2D eigenvalue weighted by Gasteiger charge is 2.11. The summed E-state index contributed by atoms with van der Waals surface area (Å²) in [6, 6.07) is 0. The number of likely N-dealkylation sites (N-methyl/N-ethyl adjacent to an activating group) is 1. The van der Waals surface area contributed by atoms with Crippen molar-refractivity contribution in [1.82, 2.24) is 9.80 Å². The molecule has 94 valence electrons. The van der Waals surface area contributed by atoms with Gasteiger partial charge in [0, 0.05) is 39.1 Å². The van der Waals surface area contributed by atoms with Crippen molar-refractivity contribution in [2.24, 2.45) is 0 Å². The number of ketones is 1. The number of carbonyl (C=O) groups excluding carboxylic acids is 1. The third-order valence-corrected chi connectivity index (χ3v) is 2.61. The van der Waals surface area contributed by atoms with Gasteiger partial charge in [-0.05, 0) is 13.1 Å². The van der Waals surface area contributed by atoms with Crippen LogP contribution >= 0.6 is 0 Å². The Labute approximate surface area is 100 Å². The maximum absolute atomic E-state index is 11.0. The second kappa shape index (κ2) is 9.55. The molecule has 0 N–H and O–H groups in total. The van der Waals surface area contributed by atoms with E-state index in [0.29, 0.717) is 6.42 Å². The molecule has 3 heteroatoms. The molecule has 1 saturated heterocycles. The average molecular weight is 226 g/mol. The van der Waals surface area contributed by atoms with Crippen molar-refractivity contribution in [2.75, 3.05) is 39.8 Å². The SMILES string of the molecule is CC.CCC(=O)/C=C/CN1CCN(C)CC1. The van der Waals surface area contributed by atoms with E-state index in [2.05, 4.69) is 16.8 Å². The zero-order valence-electron chi connectivity index (χ0n) is 11.2. The van der Waals surface area contributed by atoms with Gasteiger partial charge < -0.3 is 4.90 Å². The Morgan fingerprint density at radius 3 is 2.25 bits per heavy atom. The highest BCUT2D eigenvalue weighted by atomic mass is 16.1. The van der Waals surface area contributed by atoms with E-state index in [1.54, 1.807) is 6.08 Å². The number of carbonyl (C=O) groups is 1. The second-order valence-electron chi connectivity index (χ2n) is 3.83. The van der Waals surface area contributed by atoms with E-state index < -0.39 is 0 Å². The summed E-state index contributed by atoms with van der Waals surface area (Å²) in [4.78, 5) is 15.7. The van der Waals surface area contributed by atoms with Crippen LogP contribution in [-0.4, -0.2) is 55.4 Å². The highest BCUT2D eigenvalue weighted by molar-refractivity contribution is 5.89. The van der Waals surface area contributed by atoms with Gasteiger partial charge in [-0.25, -0.2) is 0 Å². The molecule has 0 aliphatic carbocycles. The molecule has 0 radical (unpaired) electrons. The van der Waals surface area contributed by atoms with Crippen molar-refractivity contribution in [3.05, 3.63) is 12.2 Å². The summed E-state index contributed by atoms with van der Waals surface area (Å²) in [5, 5.41) is 0. The molecule has 1 heterocycles. The predicted octanol–water partition coefficient (Wildman–Crippen LogP) is 1.80. The lowest BCUT2D eigenvalue weighted by molar-refractivity contribution is -0.114. The van der Waals surface area contributed by atoms with Crippen LogP contribution in [0, 0.1) is 0 Å². The van der Waals surface area contributed by atoms with Gasteiger partial charge in [-0.15, -0.1) is 0 Å². The molecule has 1 rings (SSSR count). The first-order valence-electron chi connectivity index (χ1n) is 6.32. The summed E-state index contributed by atoms with van der Waals surface area (Å²) in [6.45, 7) is 11.3. The lowest BCUT2D eigenvalue weighted by Gasteiger charge is -2.31. The van der Waals surface area contributed by atoms with Crippen LogP contribution in [0.2, 0.25) is 0 Å². The topological polar surface area (TPSA) is 23.6 Å². The van der Waals surface area contributed by atoms with E-state index in [1.165, 1.54) is 0 Å². The lowest BCUT2D eigenvalue weighted by Crippen LogP contribution is -2.44. The first kappa shape index (κ1) is 15.3. The van der Waals surface area contributed by atoms with Crippen LogP contribution < -0.4 is 0 Å². The number of allylic oxidation sites excluding steroid dienone is 1. The van der Waals surface area contributed by atoms with Gasteiger partial charge in [-0.2, -0.15) is 0 Å². The van der Waals surface area contributed by atoms with Crippen LogP contribution in [-0.2, 0) is 4.79 Å². The molecule has 0 atom stereocenters. The Morgan fingerprint density at radius 2 is 1.75 bits per heavy atom. The molecule has 0 aromatic carbocycles. The molecule has 0 spiro atoms. The monoisotopic (exact) mass is 226 g/mol. The van der Waals surface area contributed by atoms with Crippen molar-refractivity contribution in [3.8, 4) is 0 Å². The molecule has 0 bridgehead atoms. The molecular formula is C13H26N2O. The fraction of sp³-hybridized carbons (Fsp3) is 0.769. The third-order valence-electron chi connectivity index (χ3n) is 2.61. The molecule has 0 aromatic rings. The first-order chi connectivity index (χ1) is 7.72. The van der Waals surface area contributed by atoms with Crippen LogP contribution in [0.25, 0.3) is 0 Å². The molecular weight excluding hydrogens is 200 g/mol. The van der Waals surface area contributed by atoms with Crippen LogP contribution in [0.5, 0.6) is 0 Å². The van der Waals surface area contributed by atoms with Crippen LogP contribution in [0.15, 0.2) is 12.2 Å². The summed E-state index contributed by atoms with van der Waals surface area (Å²) in [6.07, 6.45) is 4.30. The molecule has 0 amide bonds. The Hall–Kier alpha value is -0.670. The Kier molecular flexibility index (Phi) is 9.15. The normalized spacial score (nSPS) is 18.2. The molecule has 1 aliphatic heterocycles. The predicted molar refractivity (Wildman–Crippen MR) is 69.7 cm³/mol. The number of hydrogen-bond acceptors (Lipinski definition) is 3. The summed E-state index contributed by atoms with van der Waals surface area (Å²) in [5.74, 6) is 0.221. The summed E-state index contributed by atoms with van der Waals surface area (Å²) in [7, 11) is 2.15. The van der Waals surface area contributed by atoms with E-state index in [9.17, 15) is 4.79 Å². The van der Waals surface area contributed by atoms with E-state index in [4.69, 9.17) is 0 Å². The minimum atomic E-state index is 0.221. The van der Waals surface area contributed by atoms with Gasteiger partial charge in [-0.3, -0.25) is 9.69 Å². The molecule has 1 fully saturated rings. The Morgan fingerprint density at radius 1 is 1.19 bits per heavy atom. The van der Waals surface area contributed by atoms with Gasteiger partial charge in [0.15, 0.2) is 5.78 Å². The maximum atomic E-state index is 11.0. The van der Waals surface area contributed by atoms with Gasteiger partial charge in [0.2, 0.25) is 0 Å². The van der Waals surface area contributed by atoms with E-state index >= 15 is 0 Å². The summed E-state index contributed by atoms with van der Waals surface area (Å²) >= 11 is 0. The maximum Gasteiger partial charge on any atom is 0.155 e. The number of hydrogen-bond donors (Lipinski definition) is 0. The molecule has 3 nitrogen and oxygen atoms in total. The molecule has 1 aliphatic rings. The van der Waals surface area contributed by atoms with Crippen molar-refractivity contribution < 1.29 is 4.79 Å². The van der Waals surface area contributed by atoms with Gasteiger partial charge in [0.25, 0.3) is 0 Å². The minimum absolute atomic E-state index is 0.221. The van der Waals surface area contributed by atoms with Crippen molar-refractivity contribution >= 4 is 5.78 Å². The van der Waals surface area contributed by atoms with E-state index in [1.807, 2.05) is 26.8 Å². The number of piperazine rings is 1. The zero-order valence-corrected chi connectivity index (χ0v) is 11.2. The van der Waals surface area contributed by atoms with Crippen molar-refractivity contribution in [2.45, 2.75) is 27.2 Å². The fourth-order valence-corrected chi connectivity index (χ4v) is 1.48. The summed E-state index contributed by atoms with van der Waals surface area (Å²) < 4.78 is 0. The zero-order chi connectivity index (χ0) is 12.4. The largest absolute Gasteiger partial charge is 0.304 e. The summed E-state index contributed by atoms with van der Waals surface area (Å²) in [5.41, 5.74) is 0. The van der Waals surface area contributed by atoms with Crippen molar-refractivity contribution in [1.29, 1.82) is 0 Å².